The van der Waals surface area contributed by atoms with Crippen LogP contribution in [0.1, 0.15) is 73.6 Å². The number of fused-ring (bicyclic) bond motifs is 6. The number of benzene rings is 4. The molecule has 2 aliphatic carbocycles. The average Bonchev–Trinajstić information content (AvgIpc) is 3.40. The van der Waals surface area contributed by atoms with Gasteiger partial charge in [0.1, 0.15) is 0 Å². The maximum Gasteiger partial charge on any atom is 2.00 e. The van der Waals surface area contributed by atoms with Gasteiger partial charge in [-0.3, -0.25) is 0 Å². The Kier molecular flexibility index (Phi) is 10.4. The fourth-order valence-corrected chi connectivity index (χ4v) is 7.23. The summed E-state index contributed by atoms with van der Waals surface area (Å²) in [5, 5.41) is 0. The Labute approximate surface area is 254 Å². The van der Waals surface area contributed by atoms with E-state index in [-0.39, 0.29) is 51.0 Å². The van der Waals surface area contributed by atoms with E-state index in [0.717, 1.165) is 0 Å². The third kappa shape index (κ3) is 5.05. The van der Waals surface area contributed by atoms with Crippen molar-refractivity contribution in [2.24, 2.45) is 11.8 Å². The van der Waals surface area contributed by atoms with Crippen LogP contribution in [0.3, 0.4) is 0 Å². The molecule has 0 aromatic heterocycles. The van der Waals surface area contributed by atoms with Crippen LogP contribution >= 0.6 is 0 Å². The predicted octanol–water partition coefficient (Wildman–Crippen LogP) is 3.45. The van der Waals surface area contributed by atoms with Crippen molar-refractivity contribution in [3.8, 4) is 22.3 Å². The molecule has 0 radical (unpaired) electrons. The molecule has 2 atom stereocenters. The van der Waals surface area contributed by atoms with E-state index in [4.69, 9.17) is 0 Å². The van der Waals surface area contributed by atoms with E-state index in [2.05, 4.69) is 111 Å². The number of hydrogen-bond donors (Lipinski definition) is 0. The third-order valence-electron chi connectivity index (χ3n) is 8.41. The number of hydrogen-bond acceptors (Lipinski definition) is 0. The molecule has 0 saturated carbocycles. The van der Waals surface area contributed by atoms with Crippen molar-refractivity contribution < 1.29 is 51.0 Å². The van der Waals surface area contributed by atoms with Crippen LogP contribution in [0.15, 0.2) is 97.1 Å². The van der Waals surface area contributed by atoms with Crippen molar-refractivity contribution in [2.75, 3.05) is 0 Å². The van der Waals surface area contributed by atoms with Gasteiger partial charge in [0.05, 0.1) is 0 Å². The summed E-state index contributed by atoms with van der Waals surface area (Å²) in [5.41, 5.74) is 12.0. The summed E-state index contributed by atoms with van der Waals surface area (Å²) in [7, 11) is 0. The third-order valence-corrected chi connectivity index (χ3v) is 8.41. The first kappa shape index (κ1) is 29.9. The molecule has 2 unspecified atom stereocenters. The molecule has 3 heteroatoms. The molecule has 37 heavy (non-hydrogen) atoms. The van der Waals surface area contributed by atoms with Gasteiger partial charge in [-0.15, -0.1) is 0 Å². The summed E-state index contributed by atoms with van der Waals surface area (Å²) in [4.78, 5) is 0. The van der Waals surface area contributed by atoms with Crippen LogP contribution in [0.4, 0.5) is 0 Å². The van der Waals surface area contributed by atoms with Gasteiger partial charge in [0.2, 0.25) is 0 Å². The first-order valence-electron chi connectivity index (χ1n) is 13.2. The van der Waals surface area contributed by atoms with Gasteiger partial charge in [-0.2, -0.15) is 0 Å². The average molecular weight is 605 g/mol. The summed E-state index contributed by atoms with van der Waals surface area (Å²) in [6, 6.07) is 36.8. The Bertz CT molecular complexity index is 1140. The standard InChI is InChI=1S/C34H34.2ClH.Zr/c1-3-13-27(33-29-19-9-5-15-23(29)24-16-6-10-20-30(24)33)28(14-4-2)34-31-21-11-7-17-25(31)26-18-8-12-22-32(26)34;;;/h5-12,15-22,27-28,33-34H,3-4,13-14H2,1-2H3;2*1H;/q;;;+2/p-2. The SMILES string of the molecule is CCCC(C1c2ccccc2-c2ccccc21)C(CCC)C1c2ccccc2-c2ccccc21.[Cl-].[Cl-].[Zr+2]. The van der Waals surface area contributed by atoms with Crippen LogP contribution in [0.2, 0.25) is 0 Å². The van der Waals surface area contributed by atoms with E-state index in [1.54, 1.807) is 22.3 Å². The number of rotatable bonds is 7. The Balaban J connectivity index is 0.00000127. The molecule has 2 aliphatic rings. The Morgan fingerprint density at radius 1 is 0.459 bits per heavy atom. The fraction of sp³-hybridized carbons (Fsp3) is 0.294. The van der Waals surface area contributed by atoms with Gasteiger partial charge in [-0.05, 0) is 69.2 Å². The molecule has 0 fully saturated rings. The van der Waals surface area contributed by atoms with Gasteiger partial charge < -0.3 is 24.8 Å². The zero-order valence-corrected chi connectivity index (χ0v) is 25.6. The van der Waals surface area contributed by atoms with E-state index < -0.39 is 0 Å². The van der Waals surface area contributed by atoms with E-state index in [1.807, 2.05) is 0 Å². The van der Waals surface area contributed by atoms with Crippen molar-refractivity contribution in [1.82, 2.24) is 0 Å². The van der Waals surface area contributed by atoms with Crippen LogP contribution in [-0.4, -0.2) is 0 Å². The topological polar surface area (TPSA) is 0 Å². The molecule has 0 heterocycles. The van der Waals surface area contributed by atoms with Crippen molar-refractivity contribution in [2.45, 2.75) is 51.4 Å². The van der Waals surface area contributed by atoms with Gasteiger partial charge in [0, 0.05) is 11.8 Å². The molecule has 0 bridgehead atoms. The molecule has 0 amide bonds. The molecule has 0 aliphatic heterocycles. The second-order valence-electron chi connectivity index (χ2n) is 10.2. The molecule has 0 spiro atoms. The summed E-state index contributed by atoms with van der Waals surface area (Å²) >= 11 is 0. The van der Waals surface area contributed by atoms with Crippen molar-refractivity contribution >= 4 is 0 Å². The van der Waals surface area contributed by atoms with E-state index in [1.165, 1.54) is 47.9 Å². The summed E-state index contributed by atoms with van der Waals surface area (Å²) in [6.45, 7) is 4.75. The zero-order valence-electron chi connectivity index (χ0n) is 21.6. The Hall–Kier alpha value is -1.66. The monoisotopic (exact) mass is 602 g/mol. The van der Waals surface area contributed by atoms with Crippen LogP contribution in [0.5, 0.6) is 0 Å². The fourth-order valence-electron chi connectivity index (χ4n) is 7.23. The van der Waals surface area contributed by atoms with Crippen molar-refractivity contribution in [1.29, 1.82) is 0 Å². The molecule has 6 rings (SSSR count). The minimum Gasteiger partial charge on any atom is -1.00 e. The first-order valence-corrected chi connectivity index (χ1v) is 13.2. The van der Waals surface area contributed by atoms with Gasteiger partial charge in [0.25, 0.3) is 0 Å². The summed E-state index contributed by atoms with van der Waals surface area (Å²) in [6.07, 6.45) is 4.97. The maximum atomic E-state index is 2.40. The molecular formula is C34H34Cl2Zr. The van der Waals surface area contributed by atoms with Gasteiger partial charge in [0.15, 0.2) is 0 Å². The summed E-state index contributed by atoms with van der Waals surface area (Å²) in [5.74, 6) is 2.17. The van der Waals surface area contributed by atoms with Crippen LogP contribution in [-0.2, 0) is 26.2 Å². The normalized spacial score (nSPS) is 14.6. The predicted molar refractivity (Wildman–Crippen MR) is 144 cm³/mol. The molecule has 188 valence electrons. The zero-order chi connectivity index (χ0) is 23.1. The smallest absolute Gasteiger partial charge is 1.00 e. The van der Waals surface area contributed by atoms with E-state index in [0.29, 0.717) is 23.7 Å². The minimum atomic E-state index is 0. The second-order valence-corrected chi connectivity index (χ2v) is 10.2. The quantitative estimate of drug-likeness (QED) is 0.303. The van der Waals surface area contributed by atoms with E-state index >= 15 is 0 Å². The van der Waals surface area contributed by atoms with Crippen LogP contribution in [0, 0.1) is 11.8 Å². The Morgan fingerprint density at radius 3 is 0.946 bits per heavy atom. The maximum absolute atomic E-state index is 2.40. The molecule has 4 aromatic carbocycles. The largest absolute Gasteiger partial charge is 2.00 e. The van der Waals surface area contributed by atoms with Crippen molar-refractivity contribution in [3.05, 3.63) is 119 Å². The summed E-state index contributed by atoms with van der Waals surface area (Å²) < 4.78 is 0. The van der Waals surface area contributed by atoms with Gasteiger partial charge in [-0.1, -0.05) is 124 Å². The van der Waals surface area contributed by atoms with Crippen LogP contribution < -0.4 is 24.8 Å². The molecular weight excluding hydrogens is 571 g/mol. The van der Waals surface area contributed by atoms with Gasteiger partial charge in [-0.25, -0.2) is 0 Å². The molecule has 0 N–H and O–H groups in total. The molecule has 4 aromatic rings. The minimum absolute atomic E-state index is 0. The van der Waals surface area contributed by atoms with Crippen LogP contribution in [0.25, 0.3) is 22.3 Å². The Morgan fingerprint density at radius 2 is 0.703 bits per heavy atom. The van der Waals surface area contributed by atoms with Crippen molar-refractivity contribution in [3.63, 3.8) is 0 Å². The second kappa shape index (κ2) is 12.9. The number of halogens is 2. The van der Waals surface area contributed by atoms with Gasteiger partial charge >= 0.3 is 26.2 Å². The first-order chi connectivity index (χ1) is 16.8. The molecule has 0 saturated heterocycles. The molecule has 0 nitrogen and oxygen atoms in total. The van der Waals surface area contributed by atoms with E-state index in [9.17, 15) is 0 Å².